The van der Waals surface area contributed by atoms with Crippen LogP contribution in [0.2, 0.25) is 5.02 Å². The van der Waals surface area contributed by atoms with Crippen LogP contribution in [0.1, 0.15) is 55.9 Å². The highest BCUT2D eigenvalue weighted by Gasteiger charge is 2.35. The van der Waals surface area contributed by atoms with Gasteiger partial charge in [0.05, 0.1) is 17.7 Å². The van der Waals surface area contributed by atoms with E-state index in [0.29, 0.717) is 53.6 Å². The minimum Gasteiger partial charge on any atom is -0.494 e. The zero-order chi connectivity index (χ0) is 24.4. The molecule has 0 N–H and O–H groups in total. The maximum atomic E-state index is 13.0. The molecule has 2 aliphatic rings. The third-order valence-corrected chi connectivity index (χ3v) is 6.50. The van der Waals surface area contributed by atoms with Gasteiger partial charge in [-0.1, -0.05) is 41.9 Å². The molecular formula is C28H25ClN2O4. The number of hydrogen-bond donors (Lipinski definition) is 0. The van der Waals surface area contributed by atoms with Crippen molar-refractivity contribution in [3.05, 3.63) is 100 Å². The van der Waals surface area contributed by atoms with E-state index in [1.807, 2.05) is 29.2 Å². The second-order valence-electron chi connectivity index (χ2n) is 8.83. The summed E-state index contributed by atoms with van der Waals surface area (Å²) >= 11 is 6.07. The number of fused-ring (bicyclic) bond motifs is 1. The van der Waals surface area contributed by atoms with Crippen molar-refractivity contribution in [2.75, 3.05) is 13.2 Å². The van der Waals surface area contributed by atoms with E-state index >= 15 is 0 Å². The van der Waals surface area contributed by atoms with Crippen LogP contribution in [0.5, 0.6) is 5.75 Å². The number of carbonyl (C=O) groups is 3. The first-order valence-corrected chi connectivity index (χ1v) is 12.1. The van der Waals surface area contributed by atoms with Crippen LogP contribution in [-0.4, -0.2) is 46.7 Å². The molecule has 3 amide bonds. The third kappa shape index (κ3) is 5.08. The van der Waals surface area contributed by atoms with Crippen LogP contribution in [0, 0.1) is 0 Å². The van der Waals surface area contributed by atoms with Gasteiger partial charge in [-0.25, -0.2) is 0 Å². The van der Waals surface area contributed by atoms with E-state index in [4.69, 9.17) is 16.3 Å². The van der Waals surface area contributed by atoms with Crippen molar-refractivity contribution in [1.82, 2.24) is 9.80 Å². The zero-order valence-electron chi connectivity index (χ0n) is 19.2. The minimum absolute atomic E-state index is 0.0107. The fourth-order valence-electron chi connectivity index (χ4n) is 4.28. The van der Waals surface area contributed by atoms with E-state index in [1.54, 1.807) is 48.5 Å². The SMILES string of the molecule is O=C1c2ccccc2C(=O)N1CCCOc1ccc(CN(C(=O)c2cccc(Cl)c2)C2CC2)cc1. The van der Waals surface area contributed by atoms with Crippen molar-refractivity contribution in [3.63, 3.8) is 0 Å². The fourth-order valence-corrected chi connectivity index (χ4v) is 4.47. The van der Waals surface area contributed by atoms with E-state index in [-0.39, 0.29) is 23.8 Å². The van der Waals surface area contributed by atoms with Crippen molar-refractivity contribution in [2.24, 2.45) is 0 Å². The van der Waals surface area contributed by atoms with E-state index in [2.05, 4.69) is 0 Å². The molecule has 0 bridgehead atoms. The van der Waals surface area contributed by atoms with Crippen LogP contribution in [0.3, 0.4) is 0 Å². The lowest BCUT2D eigenvalue weighted by atomic mass is 10.1. The number of carbonyl (C=O) groups excluding carboxylic acids is 3. The smallest absolute Gasteiger partial charge is 0.261 e. The maximum Gasteiger partial charge on any atom is 0.261 e. The molecule has 0 radical (unpaired) electrons. The lowest BCUT2D eigenvalue weighted by Crippen LogP contribution is -2.32. The molecule has 0 atom stereocenters. The number of benzene rings is 3. The van der Waals surface area contributed by atoms with Gasteiger partial charge in [-0.3, -0.25) is 19.3 Å². The number of ether oxygens (including phenoxy) is 1. The van der Waals surface area contributed by atoms with Crippen LogP contribution in [-0.2, 0) is 6.54 Å². The molecule has 1 aliphatic carbocycles. The van der Waals surface area contributed by atoms with Crippen LogP contribution >= 0.6 is 11.6 Å². The predicted molar refractivity (Wildman–Crippen MR) is 133 cm³/mol. The molecule has 3 aromatic carbocycles. The Hall–Kier alpha value is -3.64. The number of rotatable bonds is 9. The summed E-state index contributed by atoms with van der Waals surface area (Å²) in [6, 6.07) is 21.9. The monoisotopic (exact) mass is 488 g/mol. The van der Waals surface area contributed by atoms with Gasteiger partial charge in [0.15, 0.2) is 0 Å². The van der Waals surface area contributed by atoms with Gasteiger partial charge < -0.3 is 9.64 Å². The van der Waals surface area contributed by atoms with Crippen molar-refractivity contribution in [1.29, 1.82) is 0 Å². The van der Waals surface area contributed by atoms with Gasteiger partial charge in [0.2, 0.25) is 0 Å². The molecule has 35 heavy (non-hydrogen) atoms. The number of imide groups is 1. The third-order valence-electron chi connectivity index (χ3n) is 6.27. The second kappa shape index (κ2) is 9.92. The molecule has 0 spiro atoms. The van der Waals surface area contributed by atoms with Gasteiger partial charge in [0.1, 0.15) is 5.75 Å². The van der Waals surface area contributed by atoms with Crippen LogP contribution < -0.4 is 4.74 Å². The molecule has 0 aromatic heterocycles. The molecule has 0 saturated heterocycles. The number of hydrogen-bond acceptors (Lipinski definition) is 4. The number of halogens is 1. The van der Waals surface area contributed by atoms with Gasteiger partial charge in [-0.05, 0) is 67.3 Å². The van der Waals surface area contributed by atoms with Crippen LogP contribution in [0.4, 0.5) is 0 Å². The topological polar surface area (TPSA) is 66.9 Å². The standard InChI is InChI=1S/C28H25ClN2O4/c29-21-6-3-5-20(17-21)26(32)31(22-11-12-22)18-19-9-13-23(14-10-19)35-16-4-15-30-27(33)24-7-1-2-8-25(24)28(30)34/h1-3,5-10,13-14,17,22H,4,11-12,15-16,18H2. The summed E-state index contributed by atoms with van der Waals surface area (Å²) in [4.78, 5) is 41.1. The molecule has 5 rings (SSSR count). The Labute approximate surface area is 209 Å². The summed E-state index contributed by atoms with van der Waals surface area (Å²) in [5.41, 5.74) is 2.54. The maximum absolute atomic E-state index is 13.0. The van der Waals surface area contributed by atoms with Crippen molar-refractivity contribution in [3.8, 4) is 5.75 Å². The molecule has 0 unspecified atom stereocenters. The minimum atomic E-state index is -0.248. The lowest BCUT2D eigenvalue weighted by Gasteiger charge is -2.23. The highest BCUT2D eigenvalue weighted by molar-refractivity contribution is 6.31. The first-order chi connectivity index (χ1) is 17.0. The van der Waals surface area contributed by atoms with E-state index < -0.39 is 0 Å². The average Bonchev–Trinajstić information content (AvgIpc) is 3.69. The normalized spacial score (nSPS) is 14.7. The highest BCUT2D eigenvalue weighted by atomic mass is 35.5. The molecular weight excluding hydrogens is 464 g/mol. The number of amides is 3. The van der Waals surface area contributed by atoms with Crippen molar-refractivity contribution >= 4 is 29.3 Å². The summed E-state index contributed by atoms with van der Waals surface area (Å²) in [5.74, 6) is 0.198. The highest BCUT2D eigenvalue weighted by Crippen LogP contribution is 2.30. The van der Waals surface area contributed by atoms with Crippen LogP contribution in [0.15, 0.2) is 72.8 Å². The van der Waals surface area contributed by atoms with Gasteiger partial charge in [0, 0.05) is 29.7 Å². The molecule has 1 aliphatic heterocycles. The predicted octanol–water partition coefficient (Wildman–Crippen LogP) is 5.21. The molecule has 6 nitrogen and oxygen atoms in total. The van der Waals surface area contributed by atoms with Crippen molar-refractivity contribution < 1.29 is 19.1 Å². The molecule has 3 aromatic rings. The van der Waals surface area contributed by atoms with E-state index in [0.717, 1.165) is 18.4 Å². The molecule has 1 fully saturated rings. The first-order valence-electron chi connectivity index (χ1n) is 11.7. The molecule has 7 heteroatoms. The molecule has 178 valence electrons. The Balaban J connectivity index is 1.13. The fraction of sp³-hybridized carbons (Fsp3) is 0.250. The Kier molecular flexibility index (Phi) is 6.55. The lowest BCUT2D eigenvalue weighted by molar-refractivity contribution is 0.0645. The van der Waals surface area contributed by atoms with Crippen LogP contribution in [0.25, 0.3) is 0 Å². The van der Waals surface area contributed by atoms with E-state index in [9.17, 15) is 14.4 Å². The Bertz CT molecular complexity index is 1230. The molecule has 1 saturated carbocycles. The summed E-state index contributed by atoms with van der Waals surface area (Å²) in [5, 5.41) is 0.552. The zero-order valence-corrected chi connectivity index (χ0v) is 19.9. The Morgan fingerprint density at radius 3 is 2.26 bits per heavy atom. The van der Waals surface area contributed by atoms with Gasteiger partial charge >= 0.3 is 0 Å². The average molecular weight is 489 g/mol. The van der Waals surface area contributed by atoms with Gasteiger partial charge in [-0.2, -0.15) is 0 Å². The summed E-state index contributed by atoms with van der Waals surface area (Å²) in [7, 11) is 0. The quantitative estimate of drug-likeness (QED) is 0.306. The first kappa shape index (κ1) is 23.1. The van der Waals surface area contributed by atoms with Gasteiger partial charge in [-0.15, -0.1) is 0 Å². The second-order valence-corrected chi connectivity index (χ2v) is 9.26. The van der Waals surface area contributed by atoms with Crippen molar-refractivity contribution in [2.45, 2.75) is 31.8 Å². The largest absolute Gasteiger partial charge is 0.494 e. The Morgan fingerprint density at radius 1 is 0.943 bits per heavy atom. The summed E-state index contributed by atoms with van der Waals surface area (Å²) in [6.45, 7) is 1.22. The van der Waals surface area contributed by atoms with E-state index in [1.165, 1.54) is 4.90 Å². The molecule has 1 heterocycles. The summed E-state index contributed by atoms with van der Waals surface area (Å²) in [6.07, 6.45) is 2.57. The Morgan fingerprint density at radius 2 is 1.63 bits per heavy atom. The summed E-state index contributed by atoms with van der Waals surface area (Å²) < 4.78 is 5.82. The van der Waals surface area contributed by atoms with Gasteiger partial charge in [0.25, 0.3) is 17.7 Å². The number of nitrogens with zero attached hydrogens (tertiary/aromatic N) is 2.